The summed E-state index contributed by atoms with van der Waals surface area (Å²) in [6, 6.07) is 5.11. The van der Waals surface area contributed by atoms with Crippen molar-refractivity contribution in [2.75, 3.05) is 19.8 Å². The molecule has 2 saturated carbocycles. The fourth-order valence-corrected chi connectivity index (χ4v) is 4.47. The number of hydrogen-bond donors (Lipinski definition) is 0. The van der Waals surface area contributed by atoms with Crippen LogP contribution in [0.3, 0.4) is 0 Å². The smallest absolute Gasteiger partial charge is 0.306 e. The lowest BCUT2D eigenvalue weighted by Gasteiger charge is -2.20. The van der Waals surface area contributed by atoms with Crippen molar-refractivity contribution in [3.63, 3.8) is 0 Å². The van der Waals surface area contributed by atoms with Crippen molar-refractivity contribution in [1.82, 2.24) is 0 Å². The van der Waals surface area contributed by atoms with Crippen molar-refractivity contribution in [2.24, 2.45) is 17.8 Å². The van der Waals surface area contributed by atoms with Gasteiger partial charge in [0.25, 0.3) is 0 Å². The summed E-state index contributed by atoms with van der Waals surface area (Å²) in [6.07, 6.45) is 6.26. The van der Waals surface area contributed by atoms with Gasteiger partial charge in [0.2, 0.25) is 0 Å². The van der Waals surface area contributed by atoms with Gasteiger partial charge in [0.05, 0.1) is 13.2 Å². The molecule has 1 heterocycles. The van der Waals surface area contributed by atoms with Crippen LogP contribution in [0.1, 0.15) is 48.9 Å². The van der Waals surface area contributed by atoms with E-state index in [0.717, 1.165) is 18.8 Å². The van der Waals surface area contributed by atoms with E-state index in [1.165, 1.54) is 19.3 Å². The maximum atomic E-state index is 12.3. The number of rotatable bonds is 5. The van der Waals surface area contributed by atoms with Crippen LogP contribution in [0, 0.1) is 17.8 Å². The Bertz CT molecular complexity index is 668. The van der Waals surface area contributed by atoms with E-state index >= 15 is 0 Å². The van der Waals surface area contributed by atoms with Crippen LogP contribution in [0.5, 0.6) is 11.5 Å². The third-order valence-electron chi connectivity index (χ3n) is 5.75. The second-order valence-electron chi connectivity index (χ2n) is 7.43. The quantitative estimate of drug-likeness (QED) is 0.605. The average Bonchev–Trinajstić information content (AvgIpc) is 3.15. The summed E-state index contributed by atoms with van der Waals surface area (Å²) in [4.78, 5) is 24.4. The molecule has 0 radical (unpaired) electrons. The van der Waals surface area contributed by atoms with Crippen molar-refractivity contribution in [2.45, 2.75) is 38.5 Å². The first kappa shape index (κ1) is 16.4. The number of fused-ring (bicyclic) bond motifs is 3. The molecule has 0 aromatic heterocycles. The van der Waals surface area contributed by atoms with E-state index in [2.05, 4.69) is 0 Å². The van der Waals surface area contributed by atoms with Gasteiger partial charge in [-0.1, -0.05) is 6.42 Å². The van der Waals surface area contributed by atoms with Crippen LogP contribution in [-0.2, 0) is 9.53 Å². The molecular formula is C20H24O5. The minimum Gasteiger partial charge on any atom is -0.490 e. The molecule has 0 saturated heterocycles. The third kappa shape index (κ3) is 3.65. The SMILES string of the molecule is O=C(C[C@@H]1C[C@@H]2CC[C@@H]1C2)OCC(=O)c1ccc2c(c1)OCCCO2. The number of Topliss-reactive ketones (excluding diaryl/α,β-unsaturated/α-hetero) is 1. The molecule has 0 amide bonds. The van der Waals surface area contributed by atoms with Crippen molar-refractivity contribution in [3.8, 4) is 11.5 Å². The van der Waals surface area contributed by atoms with Crippen molar-refractivity contribution < 1.29 is 23.8 Å². The van der Waals surface area contributed by atoms with E-state index in [1.807, 2.05) is 0 Å². The van der Waals surface area contributed by atoms with Gasteiger partial charge < -0.3 is 14.2 Å². The Morgan fingerprint density at radius 1 is 1.08 bits per heavy atom. The zero-order valence-electron chi connectivity index (χ0n) is 14.4. The third-order valence-corrected chi connectivity index (χ3v) is 5.75. The highest BCUT2D eigenvalue weighted by Crippen LogP contribution is 2.49. The Morgan fingerprint density at radius 2 is 1.92 bits per heavy atom. The second-order valence-corrected chi connectivity index (χ2v) is 7.43. The molecule has 1 aliphatic heterocycles. The Hall–Kier alpha value is -2.04. The van der Waals surface area contributed by atoms with E-state index in [4.69, 9.17) is 14.2 Å². The largest absolute Gasteiger partial charge is 0.490 e. The van der Waals surface area contributed by atoms with Crippen LogP contribution in [0.25, 0.3) is 0 Å². The summed E-state index contributed by atoms with van der Waals surface area (Å²) in [7, 11) is 0. The normalized spacial score (nSPS) is 27.0. The lowest BCUT2D eigenvalue weighted by molar-refractivity contribution is -0.144. The average molecular weight is 344 g/mol. The summed E-state index contributed by atoms with van der Waals surface area (Å²) in [5.74, 6) is 2.73. The summed E-state index contributed by atoms with van der Waals surface area (Å²) in [6.45, 7) is 0.976. The number of carbonyl (C=O) groups excluding carboxylic acids is 2. The Kier molecular flexibility index (Phi) is 4.64. The number of hydrogen-bond acceptors (Lipinski definition) is 5. The van der Waals surface area contributed by atoms with E-state index in [1.54, 1.807) is 18.2 Å². The molecular weight excluding hydrogens is 320 g/mol. The molecule has 25 heavy (non-hydrogen) atoms. The zero-order chi connectivity index (χ0) is 17.2. The Labute approximate surface area is 147 Å². The maximum Gasteiger partial charge on any atom is 0.306 e. The van der Waals surface area contributed by atoms with Crippen LogP contribution in [0.2, 0.25) is 0 Å². The lowest BCUT2D eigenvalue weighted by Crippen LogP contribution is -2.19. The standard InChI is InChI=1S/C20H24O5/c21-17(15-4-5-18-19(10-15)24-7-1-6-23-18)12-25-20(22)11-16-9-13-2-3-14(16)8-13/h4-5,10,13-14,16H,1-3,6-9,11-12H2/t13-,14-,16+/m1/s1. The summed E-state index contributed by atoms with van der Waals surface area (Å²) >= 11 is 0. The Morgan fingerprint density at radius 3 is 2.68 bits per heavy atom. The first-order valence-electron chi connectivity index (χ1n) is 9.27. The fourth-order valence-electron chi connectivity index (χ4n) is 4.47. The lowest BCUT2D eigenvalue weighted by atomic mass is 9.86. The summed E-state index contributed by atoms with van der Waals surface area (Å²) in [5, 5.41) is 0. The van der Waals surface area contributed by atoms with E-state index in [0.29, 0.717) is 48.5 Å². The molecule has 3 atom stereocenters. The predicted octanol–water partition coefficient (Wildman–Crippen LogP) is 3.40. The highest BCUT2D eigenvalue weighted by molar-refractivity contribution is 5.98. The van der Waals surface area contributed by atoms with Gasteiger partial charge >= 0.3 is 5.97 Å². The van der Waals surface area contributed by atoms with Gasteiger partial charge in [0.1, 0.15) is 0 Å². The van der Waals surface area contributed by atoms with Gasteiger partial charge in [0.15, 0.2) is 23.9 Å². The molecule has 2 fully saturated rings. The van der Waals surface area contributed by atoms with Gasteiger partial charge in [0, 0.05) is 18.4 Å². The first-order valence-corrected chi connectivity index (χ1v) is 9.27. The highest BCUT2D eigenvalue weighted by atomic mass is 16.5. The molecule has 2 bridgehead atoms. The van der Waals surface area contributed by atoms with E-state index in [-0.39, 0.29) is 18.4 Å². The van der Waals surface area contributed by atoms with Crippen molar-refractivity contribution in [1.29, 1.82) is 0 Å². The number of esters is 1. The van der Waals surface area contributed by atoms with Crippen LogP contribution in [-0.4, -0.2) is 31.6 Å². The molecule has 5 heteroatoms. The fraction of sp³-hybridized carbons (Fsp3) is 0.600. The molecule has 2 aliphatic carbocycles. The van der Waals surface area contributed by atoms with Gasteiger partial charge in [-0.3, -0.25) is 9.59 Å². The maximum absolute atomic E-state index is 12.3. The first-order chi connectivity index (χ1) is 12.2. The molecule has 3 aliphatic rings. The number of ketones is 1. The van der Waals surface area contributed by atoms with Crippen molar-refractivity contribution in [3.05, 3.63) is 23.8 Å². The van der Waals surface area contributed by atoms with Crippen LogP contribution >= 0.6 is 0 Å². The van der Waals surface area contributed by atoms with E-state index in [9.17, 15) is 9.59 Å². The van der Waals surface area contributed by atoms with Crippen LogP contribution in [0.4, 0.5) is 0 Å². The molecule has 1 aromatic carbocycles. The zero-order valence-corrected chi connectivity index (χ0v) is 14.4. The molecule has 0 unspecified atom stereocenters. The number of benzene rings is 1. The molecule has 0 spiro atoms. The molecule has 0 N–H and O–H groups in total. The minimum atomic E-state index is -0.250. The van der Waals surface area contributed by atoms with Gasteiger partial charge in [-0.25, -0.2) is 0 Å². The van der Waals surface area contributed by atoms with E-state index < -0.39 is 0 Å². The van der Waals surface area contributed by atoms with Gasteiger partial charge in [-0.2, -0.15) is 0 Å². The van der Waals surface area contributed by atoms with Crippen LogP contribution in [0.15, 0.2) is 18.2 Å². The number of ether oxygens (including phenoxy) is 3. The number of carbonyl (C=O) groups is 2. The minimum absolute atomic E-state index is 0.209. The highest BCUT2D eigenvalue weighted by Gasteiger charge is 2.40. The Balaban J connectivity index is 1.30. The molecule has 1 aromatic rings. The predicted molar refractivity (Wildman–Crippen MR) is 90.9 cm³/mol. The van der Waals surface area contributed by atoms with Crippen molar-refractivity contribution >= 4 is 11.8 Å². The molecule has 134 valence electrons. The molecule has 5 nitrogen and oxygen atoms in total. The van der Waals surface area contributed by atoms with Crippen LogP contribution < -0.4 is 9.47 Å². The van der Waals surface area contributed by atoms with Gasteiger partial charge in [-0.05, 0) is 55.2 Å². The topological polar surface area (TPSA) is 61.8 Å². The van der Waals surface area contributed by atoms with Gasteiger partial charge in [-0.15, -0.1) is 0 Å². The second kappa shape index (κ2) is 7.06. The monoisotopic (exact) mass is 344 g/mol. The molecule has 4 rings (SSSR count). The summed E-state index contributed by atoms with van der Waals surface area (Å²) < 4.78 is 16.4. The summed E-state index contributed by atoms with van der Waals surface area (Å²) in [5.41, 5.74) is 0.483.